The molecule has 0 unspecified atom stereocenters. The van der Waals surface area contributed by atoms with E-state index in [2.05, 4.69) is 16.9 Å². The topological polar surface area (TPSA) is 25.4 Å². The molecule has 1 aromatic heterocycles. The average Bonchev–Trinajstić information content (AvgIpc) is 2.96. The van der Waals surface area contributed by atoms with Crippen molar-refractivity contribution in [3.8, 4) is 0 Å². The number of benzene rings is 1. The van der Waals surface area contributed by atoms with Crippen molar-refractivity contribution >= 4 is 38.3 Å². The second-order valence-electron chi connectivity index (χ2n) is 4.72. The molecule has 1 aliphatic heterocycles. The first kappa shape index (κ1) is 12.2. The zero-order valence-corrected chi connectivity index (χ0v) is 11.8. The van der Waals surface area contributed by atoms with Crippen molar-refractivity contribution in [3.05, 3.63) is 23.2 Å². The molecule has 2 heterocycles. The number of nitrogens with zero attached hydrogens (tertiary/aromatic N) is 2. The zero-order valence-electron chi connectivity index (χ0n) is 10.2. The highest BCUT2D eigenvalue weighted by molar-refractivity contribution is 7.22. The van der Waals surface area contributed by atoms with Crippen molar-refractivity contribution in [2.24, 2.45) is 5.92 Å². The van der Waals surface area contributed by atoms with E-state index in [0.717, 1.165) is 46.6 Å². The fraction of sp³-hybridized carbons (Fsp3) is 0.462. The highest BCUT2D eigenvalue weighted by Crippen LogP contribution is 2.30. The SMILES string of the molecule is CN(C[C@H]1CCOC1)c1nc2ccc(Cl)cc2s1. The Balaban J connectivity index is 1.80. The Morgan fingerprint density at radius 2 is 2.44 bits per heavy atom. The fourth-order valence-corrected chi connectivity index (χ4v) is 3.45. The molecule has 3 nitrogen and oxygen atoms in total. The lowest BCUT2D eigenvalue weighted by Gasteiger charge is -2.18. The van der Waals surface area contributed by atoms with Gasteiger partial charge in [-0.1, -0.05) is 22.9 Å². The van der Waals surface area contributed by atoms with Crippen LogP contribution in [0, 0.1) is 5.92 Å². The monoisotopic (exact) mass is 282 g/mol. The minimum absolute atomic E-state index is 0.630. The number of halogens is 1. The highest BCUT2D eigenvalue weighted by atomic mass is 35.5. The first-order valence-corrected chi connectivity index (χ1v) is 7.27. The molecule has 1 fully saturated rings. The molecule has 0 amide bonds. The van der Waals surface area contributed by atoms with Gasteiger partial charge in [-0.15, -0.1) is 0 Å². The third-order valence-electron chi connectivity index (χ3n) is 3.22. The second kappa shape index (κ2) is 5.03. The smallest absolute Gasteiger partial charge is 0.186 e. The molecule has 1 aliphatic rings. The number of aromatic nitrogens is 1. The molecule has 0 radical (unpaired) electrons. The highest BCUT2D eigenvalue weighted by Gasteiger charge is 2.19. The molecule has 3 rings (SSSR count). The molecule has 0 aliphatic carbocycles. The third-order valence-corrected chi connectivity index (χ3v) is 4.59. The lowest BCUT2D eigenvalue weighted by molar-refractivity contribution is 0.186. The van der Waals surface area contributed by atoms with Crippen LogP contribution in [0.25, 0.3) is 10.2 Å². The number of hydrogen-bond donors (Lipinski definition) is 0. The third kappa shape index (κ3) is 2.46. The molecule has 2 aromatic rings. The Labute approximate surface area is 115 Å². The van der Waals surface area contributed by atoms with E-state index in [-0.39, 0.29) is 0 Å². The van der Waals surface area contributed by atoms with Crippen molar-refractivity contribution in [2.75, 3.05) is 31.7 Å². The summed E-state index contributed by atoms with van der Waals surface area (Å²) < 4.78 is 6.55. The van der Waals surface area contributed by atoms with Gasteiger partial charge in [0.2, 0.25) is 0 Å². The van der Waals surface area contributed by atoms with Crippen molar-refractivity contribution < 1.29 is 4.74 Å². The standard InChI is InChI=1S/C13H15ClN2OS/c1-16(7-9-4-5-17-8-9)13-15-11-3-2-10(14)6-12(11)18-13/h2-3,6,9H,4-5,7-8H2,1H3/t9-/m1/s1. The van der Waals surface area contributed by atoms with E-state index in [1.165, 1.54) is 0 Å². The number of anilines is 1. The van der Waals surface area contributed by atoms with Gasteiger partial charge in [0.1, 0.15) is 0 Å². The summed E-state index contributed by atoms with van der Waals surface area (Å²) in [5, 5.41) is 1.82. The molecule has 1 atom stereocenters. The molecule has 5 heteroatoms. The Morgan fingerprint density at radius 3 is 3.22 bits per heavy atom. The van der Waals surface area contributed by atoms with Crippen LogP contribution in [-0.2, 0) is 4.74 Å². The molecule has 1 saturated heterocycles. The van der Waals surface area contributed by atoms with Gasteiger partial charge < -0.3 is 9.64 Å². The molecule has 18 heavy (non-hydrogen) atoms. The maximum Gasteiger partial charge on any atom is 0.186 e. The van der Waals surface area contributed by atoms with Gasteiger partial charge in [-0.05, 0) is 24.6 Å². The number of rotatable bonds is 3. The van der Waals surface area contributed by atoms with E-state index in [4.69, 9.17) is 16.3 Å². The van der Waals surface area contributed by atoms with Crippen LogP contribution in [0.2, 0.25) is 5.02 Å². The molecule has 0 saturated carbocycles. The average molecular weight is 283 g/mol. The molecule has 0 N–H and O–H groups in total. The number of ether oxygens (including phenoxy) is 1. The van der Waals surface area contributed by atoms with Crippen molar-refractivity contribution in [1.29, 1.82) is 0 Å². The predicted molar refractivity (Wildman–Crippen MR) is 76.8 cm³/mol. The maximum atomic E-state index is 5.99. The molecule has 0 bridgehead atoms. The summed E-state index contributed by atoms with van der Waals surface area (Å²) >= 11 is 7.69. The fourth-order valence-electron chi connectivity index (χ4n) is 2.24. The summed E-state index contributed by atoms with van der Waals surface area (Å²) in [6, 6.07) is 5.84. The van der Waals surface area contributed by atoms with Gasteiger partial charge in [-0.3, -0.25) is 0 Å². The van der Waals surface area contributed by atoms with Gasteiger partial charge in [0.25, 0.3) is 0 Å². The molecule has 96 valence electrons. The Hall–Kier alpha value is -0.840. The van der Waals surface area contributed by atoms with E-state index >= 15 is 0 Å². The Kier molecular flexibility index (Phi) is 3.41. The first-order valence-electron chi connectivity index (χ1n) is 6.07. The predicted octanol–water partition coefficient (Wildman–Crippen LogP) is 3.42. The number of hydrogen-bond acceptors (Lipinski definition) is 4. The minimum Gasteiger partial charge on any atom is -0.381 e. The maximum absolute atomic E-state index is 5.99. The van der Waals surface area contributed by atoms with Gasteiger partial charge in [-0.25, -0.2) is 4.98 Å². The van der Waals surface area contributed by atoms with Gasteiger partial charge in [0.15, 0.2) is 5.13 Å². The minimum atomic E-state index is 0.630. The van der Waals surface area contributed by atoms with Crippen LogP contribution in [0.4, 0.5) is 5.13 Å². The Bertz CT molecular complexity index is 551. The van der Waals surface area contributed by atoms with Crippen molar-refractivity contribution in [3.63, 3.8) is 0 Å². The second-order valence-corrected chi connectivity index (χ2v) is 6.16. The van der Waals surface area contributed by atoms with Gasteiger partial charge in [0.05, 0.1) is 16.8 Å². The molecular formula is C13H15ClN2OS. The molecule has 0 spiro atoms. The lowest BCUT2D eigenvalue weighted by atomic mass is 10.1. The normalized spacial score (nSPS) is 19.6. The largest absolute Gasteiger partial charge is 0.381 e. The van der Waals surface area contributed by atoms with Gasteiger partial charge in [0, 0.05) is 31.1 Å². The van der Waals surface area contributed by atoms with E-state index in [9.17, 15) is 0 Å². The number of thiazole rings is 1. The summed E-state index contributed by atoms with van der Waals surface area (Å²) in [4.78, 5) is 6.86. The zero-order chi connectivity index (χ0) is 12.5. The lowest BCUT2D eigenvalue weighted by Crippen LogP contribution is -2.25. The van der Waals surface area contributed by atoms with Crippen LogP contribution in [-0.4, -0.2) is 31.8 Å². The summed E-state index contributed by atoms with van der Waals surface area (Å²) in [7, 11) is 2.09. The van der Waals surface area contributed by atoms with E-state index in [1.807, 2.05) is 18.2 Å². The van der Waals surface area contributed by atoms with Crippen LogP contribution < -0.4 is 4.90 Å². The van der Waals surface area contributed by atoms with E-state index in [1.54, 1.807) is 11.3 Å². The Morgan fingerprint density at radius 1 is 1.56 bits per heavy atom. The number of fused-ring (bicyclic) bond motifs is 1. The quantitative estimate of drug-likeness (QED) is 0.862. The first-order chi connectivity index (χ1) is 8.72. The summed E-state index contributed by atoms with van der Waals surface area (Å²) in [6.07, 6.45) is 1.15. The molecular weight excluding hydrogens is 268 g/mol. The van der Waals surface area contributed by atoms with Crippen LogP contribution in [0.5, 0.6) is 0 Å². The van der Waals surface area contributed by atoms with Crippen LogP contribution >= 0.6 is 22.9 Å². The van der Waals surface area contributed by atoms with Gasteiger partial charge in [-0.2, -0.15) is 0 Å². The van der Waals surface area contributed by atoms with Crippen LogP contribution in [0.3, 0.4) is 0 Å². The molecule has 1 aromatic carbocycles. The summed E-state index contributed by atoms with van der Waals surface area (Å²) in [5.41, 5.74) is 1.02. The van der Waals surface area contributed by atoms with E-state index < -0.39 is 0 Å². The van der Waals surface area contributed by atoms with Crippen molar-refractivity contribution in [2.45, 2.75) is 6.42 Å². The van der Waals surface area contributed by atoms with Crippen LogP contribution in [0.15, 0.2) is 18.2 Å². The van der Waals surface area contributed by atoms with Crippen molar-refractivity contribution in [1.82, 2.24) is 4.98 Å². The summed E-state index contributed by atoms with van der Waals surface area (Å²) in [5.74, 6) is 0.630. The summed E-state index contributed by atoms with van der Waals surface area (Å²) in [6.45, 7) is 2.78. The van der Waals surface area contributed by atoms with Gasteiger partial charge >= 0.3 is 0 Å². The van der Waals surface area contributed by atoms with E-state index in [0.29, 0.717) is 5.92 Å². The van der Waals surface area contributed by atoms with Crippen LogP contribution in [0.1, 0.15) is 6.42 Å².